The second kappa shape index (κ2) is 6.18. The summed E-state index contributed by atoms with van der Waals surface area (Å²) >= 11 is 0. The van der Waals surface area contributed by atoms with E-state index in [1.807, 2.05) is 30.5 Å². The minimum Gasteiger partial charge on any atom is -0.288 e. The van der Waals surface area contributed by atoms with Crippen LogP contribution in [0.15, 0.2) is 65.2 Å². The first kappa shape index (κ1) is 13.9. The van der Waals surface area contributed by atoms with E-state index >= 15 is 0 Å². The fourth-order valence-corrected chi connectivity index (χ4v) is 2.38. The van der Waals surface area contributed by atoms with Gasteiger partial charge in [-0.15, -0.1) is 0 Å². The summed E-state index contributed by atoms with van der Waals surface area (Å²) in [5.41, 5.74) is 4.21. The van der Waals surface area contributed by atoms with Crippen molar-refractivity contribution in [2.75, 3.05) is 6.54 Å². The average molecular weight is 288 g/mol. The first-order valence-electron chi connectivity index (χ1n) is 6.96. The second-order valence-electron chi connectivity index (χ2n) is 4.82. The van der Waals surface area contributed by atoms with Crippen LogP contribution in [-0.4, -0.2) is 29.3 Å². The van der Waals surface area contributed by atoms with Crippen LogP contribution in [0.1, 0.15) is 11.1 Å². The molecule has 2 heterocycles. The number of nitrogens with zero attached hydrogens (tertiary/aromatic N) is 4. The van der Waals surface area contributed by atoms with Gasteiger partial charge in [0.15, 0.2) is 5.82 Å². The van der Waals surface area contributed by atoms with E-state index in [1.165, 1.54) is 11.1 Å². The molecule has 0 aliphatic carbocycles. The molecule has 0 bridgehead atoms. The highest BCUT2D eigenvalue weighted by Crippen LogP contribution is 2.27. The van der Waals surface area contributed by atoms with Gasteiger partial charge in [0, 0.05) is 23.6 Å². The Kier molecular flexibility index (Phi) is 3.92. The standard InChI is InChI=1S/C18H16N4/c1-3-22-18(19-2)17(13-21-22)16-10-9-15(11-20-12-16)14-7-5-4-6-8-14/h3-10,12-13H,1-2,11H2. The molecular formula is C18H16N4. The molecule has 1 aliphatic rings. The van der Waals surface area contributed by atoms with Crippen LogP contribution in [-0.2, 0) is 0 Å². The molecular weight excluding hydrogens is 272 g/mol. The van der Waals surface area contributed by atoms with Crippen LogP contribution in [0.5, 0.6) is 0 Å². The summed E-state index contributed by atoms with van der Waals surface area (Å²) in [5.74, 6) is 0.671. The maximum atomic E-state index is 4.51. The Bertz CT molecular complexity index is 792. The number of rotatable bonds is 4. The van der Waals surface area contributed by atoms with Crippen LogP contribution < -0.4 is 0 Å². The molecule has 0 saturated heterocycles. The van der Waals surface area contributed by atoms with Crippen molar-refractivity contribution in [2.45, 2.75) is 0 Å². The van der Waals surface area contributed by atoms with Crippen LogP contribution in [0.25, 0.3) is 17.3 Å². The predicted molar refractivity (Wildman–Crippen MR) is 93.6 cm³/mol. The molecule has 0 N–H and O–H groups in total. The number of benzene rings is 1. The summed E-state index contributed by atoms with van der Waals surface area (Å²) in [6.07, 6.45) is 9.34. The van der Waals surface area contributed by atoms with Gasteiger partial charge in [0.2, 0.25) is 0 Å². The fraction of sp³-hybridized carbons (Fsp3) is 0.0556. The molecule has 4 nitrogen and oxygen atoms in total. The maximum absolute atomic E-state index is 4.51. The number of aromatic nitrogens is 2. The van der Waals surface area contributed by atoms with Crippen molar-refractivity contribution >= 4 is 36.1 Å². The Labute approximate surface area is 129 Å². The van der Waals surface area contributed by atoms with Crippen LogP contribution in [0.2, 0.25) is 0 Å². The minimum absolute atomic E-state index is 0.649. The van der Waals surface area contributed by atoms with Crippen LogP contribution in [0.4, 0.5) is 5.82 Å². The van der Waals surface area contributed by atoms with E-state index < -0.39 is 0 Å². The first-order valence-corrected chi connectivity index (χ1v) is 6.96. The van der Waals surface area contributed by atoms with E-state index in [1.54, 1.807) is 17.1 Å². The number of allylic oxidation sites excluding steroid dienone is 3. The van der Waals surface area contributed by atoms with E-state index in [4.69, 9.17) is 0 Å². The molecule has 0 unspecified atom stereocenters. The van der Waals surface area contributed by atoms with Gasteiger partial charge >= 0.3 is 0 Å². The average Bonchev–Trinajstić information content (AvgIpc) is 2.83. The molecule has 0 amide bonds. The van der Waals surface area contributed by atoms with Crippen molar-refractivity contribution in [1.29, 1.82) is 0 Å². The van der Waals surface area contributed by atoms with E-state index in [-0.39, 0.29) is 0 Å². The minimum atomic E-state index is 0.649. The van der Waals surface area contributed by atoms with Gasteiger partial charge in [0.05, 0.1) is 12.7 Å². The molecule has 0 radical (unpaired) electrons. The monoisotopic (exact) mass is 288 g/mol. The Hall–Kier alpha value is -3.01. The summed E-state index contributed by atoms with van der Waals surface area (Å²) in [6.45, 7) is 7.97. The van der Waals surface area contributed by atoms with Crippen LogP contribution in [0, 0.1) is 0 Å². The highest BCUT2D eigenvalue weighted by Gasteiger charge is 2.12. The van der Waals surface area contributed by atoms with Gasteiger partial charge in [0.25, 0.3) is 0 Å². The van der Waals surface area contributed by atoms with Crippen LogP contribution >= 0.6 is 0 Å². The Morgan fingerprint density at radius 3 is 2.73 bits per heavy atom. The van der Waals surface area contributed by atoms with Crippen molar-refractivity contribution < 1.29 is 0 Å². The lowest BCUT2D eigenvalue weighted by Crippen LogP contribution is -1.88. The number of aliphatic imine (C=N–C) groups is 2. The Morgan fingerprint density at radius 1 is 1.18 bits per heavy atom. The molecule has 108 valence electrons. The second-order valence-corrected chi connectivity index (χ2v) is 4.82. The lowest BCUT2D eigenvalue weighted by atomic mass is 10.0. The molecule has 1 aliphatic heterocycles. The maximum Gasteiger partial charge on any atom is 0.162 e. The zero-order valence-corrected chi connectivity index (χ0v) is 12.2. The highest BCUT2D eigenvalue weighted by molar-refractivity contribution is 6.12. The summed E-state index contributed by atoms with van der Waals surface area (Å²) in [4.78, 5) is 8.55. The third-order valence-corrected chi connectivity index (χ3v) is 3.50. The number of hydrogen-bond acceptors (Lipinski definition) is 3. The van der Waals surface area contributed by atoms with E-state index in [0.29, 0.717) is 12.4 Å². The third-order valence-electron chi connectivity index (χ3n) is 3.50. The van der Waals surface area contributed by atoms with E-state index in [0.717, 1.165) is 11.1 Å². The third kappa shape index (κ3) is 2.59. The zero-order chi connectivity index (χ0) is 15.4. The molecule has 1 aromatic carbocycles. The Balaban J connectivity index is 2.01. The summed E-state index contributed by atoms with van der Waals surface area (Å²) in [5, 5.41) is 4.23. The summed E-state index contributed by atoms with van der Waals surface area (Å²) in [7, 11) is 0. The summed E-state index contributed by atoms with van der Waals surface area (Å²) in [6, 6.07) is 10.3. The zero-order valence-electron chi connectivity index (χ0n) is 12.2. The lowest BCUT2D eigenvalue weighted by Gasteiger charge is -2.01. The molecule has 0 fully saturated rings. The van der Waals surface area contributed by atoms with Gasteiger partial charge in [-0.1, -0.05) is 49.1 Å². The SMILES string of the molecule is C=Cn1ncc(C2=CC=C(c3ccccc3)CN=C2)c1N=C. The van der Waals surface area contributed by atoms with Gasteiger partial charge in [-0.2, -0.15) is 5.10 Å². The quantitative estimate of drug-likeness (QED) is 0.787. The molecule has 0 saturated carbocycles. The first-order chi connectivity index (χ1) is 10.8. The molecule has 0 atom stereocenters. The van der Waals surface area contributed by atoms with Crippen LogP contribution in [0.3, 0.4) is 0 Å². The van der Waals surface area contributed by atoms with Gasteiger partial charge in [0.1, 0.15) is 0 Å². The van der Waals surface area contributed by atoms with Crippen molar-refractivity contribution in [1.82, 2.24) is 9.78 Å². The van der Waals surface area contributed by atoms with Gasteiger partial charge < -0.3 is 0 Å². The fourth-order valence-electron chi connectivity index (χ4n) is 2.38. The summed E-state index contributed by atoms with van der Waals surface area (Å²) < 4.78 is 1.60. The topological polar surface area (TPSA) is 42.5 Å². The highest BCUT2D eigenvalue weighted by atomic mass is 15.3. The number of hydrogen-bond donors (Lipinski definition) is 0. The Morgan fingerprint density at radius 2 is 2.00 bits per heavy atom. The molecule has 1 aromatic heterocycles. The molecule has 3 rings (SSSR count). The van der Waals surface area contributed by atoms with Crippen molar-refractivity contribution in [3.63, 3.8) is 0 Å². The lowest BCUT2D eigenvalue weighted by molar-refractivity contribution is 0.936. The molecule has 2 aromatic rings. The van der Waals surface area contributed by atoms with Gasteiger partial charge in [-0.05, 0) is 17.9 Å². The normalized spacial score (nSPS) is 14.0. The smallest absolute Gasteiger partial charge is 0.162 e. The van der Waals surface area contributed by atoms with Gasteiger partial charge in [-0.3, -0.25) is 4.99 Å². The molecule has 4 heteroatoms. The predicted octanol–water partition coefficient (Wildman–Crippen LogP) is 3.87. The van der Waals surface area contributed by atoms with Crippen molar-refractivity contribution in [3.05, 3.63) is 66.4 Å². The molecule has 0 spiro atoms. The van der Waals surface area contributed by atoms with Crippen molar-refractivity contribution in [3.8, 4) is 0 Å². The van der Waals surface area contributed by atoms with Crippen molar-refractivity contribution in [2.24, 2.45) is 9.98 Å². The van der Waals surface area contributed by atoms with E-state index in [2.05, 4.69) is 46.6 Å². The van der Waals surface area contributed by atoms with E-state index in [9.17, 15) is 0 Å². The van der Waals surface area contributed by atoms with Gasteiger partial charge in [-0.25, -0.2) is 9.67 Å². The largest absolute Gasteiger partial charge is 0.288 e. The molecule has 22 heavy (non-hydrogen) atoms.